The molecule has 5 rings (SSSR count). The quantitative estimate of drug-likeness (QED) is 0.601. The molecule has 2 saturated heterocycles. The molecule has 3 aromatic rings. The molecule has 2 aromatic heterocycles. The van der Waals surface area contributed by atoms with Crippen molar-refractivity contribution in [1.82, 2.24) is 19.7 Å². The summed E-state index contributed by atoms with van der Waals surface area (Å²) in [6.07, 6.45) is 6.83. The van der Waals surface area contributed by atoms with Gasteiger partial charge in [-0.2, -0.15) is 15.1 Å². The molecule has 0 aliphatic carbocycles. The zero-order valence-corrected chi connectivity index (χ0v) is 18.2. The number of rotatable bonds is 4. The van der Waals surface area contributed by atoms with Crippen molar-refractivity contribution < 1.29 is 18.3 Å². The third-order valence-corrected chi connectivity index (χ3v) is 6.54. The summed E-state index contributed by atoms with van der Waals surface area (Å²) >= 11 is 0. The SMILES string of the molecule is COc1nc(N2CCC3(CCCC(=O)N3c3ccc(F)c(F)c3)CC2)cc(-n2cccn2)n1. The van der Waals surface area contributed by atoms with Gasteiger partial charge in [-0.1, -0.05) is 0 Å². The fourth-order valence-electron chi connectivity index (χ4n) is 4.90. The molecule has 0 unspecified atom stereocenters. The molecular formula is C23H24F2N6O2. The fourth-order valence-corrected chi connectivity index (χ4v) is 4.90. The number of amides is 1. The molecule has 0 bridgehead atoms. The van der Waals surface area contributed by atoms with E-state index in [2.05, 4.69) is 20.0 Å². The molecule has 1 aromatic carbocycles. The van der Waals surface area contributed by atoms with Gasteiger partial charge in [-0.3, -0.25) is 4.79 Å². The van der Waals surface area contributed by atoms with Crippen molar-refractivity contribution in [3.05, 3.63) is 54.4 Å². The summed E-state index contributed by atoms with van der Waals surface area (Å²) in [4.78, 5) is 25.6. The minimum Gasteiger partial charge on any atom is -0.467 e. The van der Waals surface area contributed by atoms with Crippen LogP contribution in [0.5, 0.6) is 6.01 Å². The third-order valence-electron chi connectivity index (χ3n) is 6.54. The second kappa shape index (κ2) is 8.42. The molecule has 33 heavy (non-hydrogen) atoms. The zero-order chi connectivity index (χ0) is 23.0. The highest BCUT2D eigenvalue weighted by Gasteiger charge is 2.45. The van der Waals surface area contributed by atoms with Crippen LogP contribution in [-0.2, 0) is 4.79 Å². The number of hydrogen-bond acceptors (Lipinski definition) is 6. The van der Waals surface area contributed by atoms with E-state index in [9.17, 15) is 13.6 Å². The van der Waals surface area contributed by atoms with Gasteiger partial charge in [0.2, 0.25) is 5.91 Å². The van der Waals surface area contributed by atoms with Gasteiger partial charge in [-0.15, -0.1) is 0 Å². The number of carbonyl (C=O) groups is 1. The van der Waals surface area contributed by atoms with Crippen LogP contribution in [0.1, 0.15) is 32.1 Å². The maximum atomic E-state index is 14.0. The van der Waals surface area contributed by atoms with Gasteiger partial charge in [0.05, 0.1) is 12.6 Å². The Morgan fingerprint density at radius 3 is 2.52 bits per heavy atom. The number of piperidine rings is 2. The van der Waals surface area contributed by atoms with Crippen LogP contribution >= 0.6 is 0 Å². The number of ether oxygens (including phenoxy) is 1. The van der Waals surface area contributed by atoms with Crippen molar-refractivity contribution in [2.24, 2.45) is 0 Å². The zero-order valence-electron chi connectivity index (χ0n) is 18.2. The molecule has 0 N–H and O–H groups in total. The molecule has 0 saturated carbocycles. The van der Waals surface area contributed by atoms with E-state index in [-0.39, 0.29) is 11.9 Å². The van der Waals surface area contributed by atoms with Crippen LogP contribution in [0.4, 0.5) is 20.3 Å². The van der Waals surface area contributed by atoms with E-state index in [1.807, 2.05) is 12.1 Å². The lowest BCUT2D eigenvalue weighted by atomic mass is 9.78. The molecule has 0 atom stereocenters. The van der Waals surface area contributed by atoms with E-state index in [1.54, 1.807) is 22.0 Å². The van der Waals surface area contributed by atoms with Gasteiger partial charge in [-0.25, -0.2) is 13.5 Å². The Bertz CT molecular complexity index is 1160. The third kappa shape index (κ3) is 3.90. The van der Waals surface area contributed by atoms with E-state index >= 15 is 0 Å². The Kier molecular flexibility index (Phi) is 5.43. The minimum atomic E-state index is -0.947. The summed E-state index contributed by atoms with van der Waals surface area (Å²) in [5.41, 5.74) is -0.0189. The van der Waals surface area contributed by atoms with Gasteiger partial charge in [0.25, 0.3) is 0 Å². The Morgan fingerprint density at radius 2 is 1.82 bits per heavy atom. The maximum absolute atomic E-state index is 14.0. The number of hydrogen-bond donors (Lipinski definition) is 0. The van der Waals surface area contributed by atoms with Crippen molar-refractivity contribution in [3.63, 3.8) is 0 Å². The predicted molar refractivity (Wildman–Crippen MR) is 118 cm³/mol. The van der Waals surface area contributed by atoms with Gasteiger partial charge in [0.15, 0.2) is 17.5 Å². The smallest absolute Gasteiger partial charge is 0.320 e. The van der Waals surface area contributed by atoms with Gasteiger partial charge in [0.1, 0.15) is 5.82 Å². The lowest BCUT2D eigenvalue weighted by Gasteiger charge is -2.51. The van der Waals surface area contributed by atoms with E-state index < -0.39 is 17.2 Å². The summed E-state index contributed by atoms with van der Waals surface area (Å²) in [6, 6.07) is 7.60. The maximum Gasteiger partial charge on any atom is 0.320 e. The molecule has 1 amide bonds. The second-order valence-electron chi connectivity index (χ2n) is 8.41. The van der Waals surface area contributed by atoms with Crippen LogP contribution in [0, 0.1) is 11.6 Å². The molecule has 10 heteroatoms. The molecule has 0 radical (unpaired) electrons. The standard InChI is InChI=1S/C23H24F2N6O2/c1-33-22-27-19(15-20(28-22)30-11-3-10-26-30)29-12-8-23(9-13-29)7-2-4-21(32)31(23)16-5-6-17(24)18(25)14-16/h3,5-6,10-11,14-15H,2,4,7-9,12-13H2,1H3. The number of halogens is 2. The Hall–Kier alpha value is -3.56. The highest BCUT2D eigenvalue weighted by Crippen LogP contribution is 2.42. The van der Waals surface area contributed by atoms with Crippen molar-refractivity contribution in [2.45, 2.75) is 37.6 Å². The average molecular weight is 454 g/mol. The normalized spacial score (nSPS) is 18.1. The van der Waals surface area contributed by atoms with Crippen molar-refractivity contribution in [1.29, 1.82) is 0 Å². The molecule has 1 spiro atoms. The Labute approximate surface area is 189 Å². The van der Waals surface area contributed by atoms with E-state index in [1.165, 1.54) is 13.2 Å². The van der Waals surface area contributed by atoms with Gasteiger partial charge < -0.3 is 14.5 Å². The predicted octanol–water partition coefficient (Wildman–Crippen LogP) is 3.51. The summed E-state index contributed by atoms with van der Waals surface area (Å²) in [5.74, 6) is -0.608. The summed E-state index contributed by atoms with van der Waals surface area (Å²) in [7, 11) is 1.52. The van der Waals surface area contributed by atoms with Crippen LogP contribution in [-0.4, -0.2) is 51.4 Å². The number of anilines is 2. The first-order chi connectivity index (χ1) is 16.0. The van der Waals surface area contributed by atoms with Gasteiger partial charge >= 0.3 is 6.01 Å². The van der Waals surface area contributed by atoms with Gasteiger partial charge in [-0.05, 0) is 43.9 Å². The monoisotopic (exact) mass is 454 g/mol. The number of nitrogens with zero attached hydrogens (tertiary/aromatic N) is 6. The molecular weight excluding hydrogens is 430 g/mol. The van der Waals surface area contributed by atoms with Crippen LogP contribution in [0.3, 0.4) is 0 Å². The fraction of sp³-hybridized carbons (Fsp3) is 0.391. The molecule has 2 aliphatic heterocycles. The lowest BCUT2D eigenvalue weighted by molar-refractivity contribution is -0.121. The van der Waals surface area contributed by atoms with E-state index in [0.29, 0.717) is 49.7 Å². The molecule has 8 nitrogen and oxygen atoms in total. The van der Waals surface area contributed by atoms with Crippen LogP contribution in [0.25, 0.3) is 5.82 Å². The molecule has 4 heterocycles. The summed E-state index contributed by atoms with van der Waals surface area (Å²) < 4.78 is 34.4. The Balaban J connectivity index is 1.42. The summed E-state index contributed by atoms with van der Waals surface area (Å²) in [5, 5.41) is 4.23. The van der Waals surface area contributed by atoms with Crippen LogP contribution in [0.15, 0.2) is 42.7 Å². The highest BCUT2D eigenvalue weighted by atomic mass is 19.2. The molecule has 172 valence electrons. The molecule has 2 aliphatic rings. The van der Waals surface area contributed by atoms with Crippen LogP contribution in [0.2, 0.25) is 0 Å². The first-order valence-corrected chi connectivity index (χ1v) is 11.0. The van der Waals surface area contributed by atoms with Gasteiger partial charge in [0, 0.05) is 49.7 Å². The van der Waals surface area contributed by atoms with Crippen molar-refractivity contribution >= 4 is 17.4 Å². The minimum absolute atomic E-state index is 0.0506. The average Bonchev–Trinajstić information content (AvgIpc) is 3.37. The second-order valence-corrected chi connectivity index (χ2v) is 8.41. The van der Waals surface area contributed by atoms with Crippen molar-refractivity contribution in [3.8, 4) is 11.8 Å². The number of carbonyl (C=O) groups excluding carboxylic acids is 1. The first-order valence-electron chi connectivity index (χ1n) is 11.0. The van der Waals surface area contributed by atoms with E-state index in [4.69, 9.17) is 4.74 Å². The molecule has 2 fully saturated rings. The number of methoxy groups -OCH3 is 1. The number of benzene rings is 1. The Morgan fingerprint density at radius 1 is 1.03 bits per heavy atom. The topological polar surface area (TPSA) is 76.4 Å². The van der Waals surface area contributed by atoms with E-state index in [0.717, 1.165) is 25.0 Å². The first kappa shape index (κ1) is 21.3. The summed E-state index contributed by atoms with van der Waals surface area (Å²) in [6.45, 7) is 1.29. The largest absolute Gasteiger partial charge is 0.467 e. The number of aromatic nitrogens is 4. The lowest BCUT2D eigenvalue weighted by Crippen LogP contribution is -2.60. The highest BCUT2D eigenvalue weighted by molar-refractivity contribution is 5.95. The van der Waals surface area contributed by atoms with Crippen molar-refractivity contribution in [2.75, 3.05) is 30.0 Å². The van der Waals surface area contributed by atoms with Crippen LogP contribution < -0.4 is 14.5 Å².